The fourth-order valence-electron chi connectivity index (χ4n) is 1.95. The fraction of sp³-hybridized carbons (Fsp3) is 0.250. The second-order valence-corrected chi connectivity index (χ2v) is 4.41. The molecule has 0 unspecified atom stereocenters. The Bertz CT molecular complexity index is 557. The van der Waals surface area contributed by atoms with Crippen LogP contribution in [0.4, 0.5) is 17.1 Å². The van der Waals surface area contributed by atoms with E-state index in [9.17, 15) is 5.11 Å². The number of anilines is 1. The van der Waals surface area contributed by atoms with Gasteiger partial charge in [0.15, 0.2) is 0 Å². The van der Waals surface area contributed by atoms with Crippen molar-refractivity contribution in [3.63, 3.8) is 0 Å². The van der Waals surface area contributed by atoms with Crippen molar-refractivity contribution in [2.75, 3.05) is 18.0 Å². The Hall–Kier alpha value is -2.36. The van der Waals surface area contributed by atoms with Gasteiger partial charge in [-0.1, -0.05) is 0 Å². The average Bonchev–Trinajstić information content (AvgIpc) is 2.49. The second kappa shape index (κ2) is 6.70. The predicted molar refractivity (Wildman–Crippen MR) is 82.3 cm³/mol. The number of azo groups is 1. The van der Waals surface area contributed by atoms with Gasteiger partial charge in [0.1, 0.15) is 5.75 Å². The van der Waals surface area contributed by atoms with Crippen LogP contribution in [0.25, 0.3) is 0 Å². The van der Waals surface area contributed by atoms with Crippen molar-refractivity contribution >= 4 is 17.1 Å². The van der Waals surface area contributed by atoms with E-state index in [-0.39, 0.29) is 5.75 Å². The van der Waals surface area contributed by atoms with E-state index in [1.54, 1.807) is 24.3 Å². The van der Waals surface area contributed by atoms with Crippen molar-refractivity contribution in [2.24, 2.45) is 10.2 Å². The van der Waals surface area contributed by atoms with Crippen LogP contribution in [0.5, 0.6) is 5.75 Å². The molecule has 0 aliphatic carbocycles. The minimum absolute atomic E-state index is 0.229. The van der Waals surface area contributed by atoms with Crippen molar-refractivity contribution < 1.29 is 5.11 Å². The van der Waals surface area contributed by atoms with E-state index in [1.807, 2.05) is 12.1 Å². The summed E-state index contributed by atoms with van der Waals surface area (Å²) in [6.07, 6.45) is 0. The monoisotopic (exact) mass is 269 g/mol. The normalized spacial score (nSPS) is 10.9. The van der Waals surface area contributed by atoms with Crippen LogP contribution in [0.1, 0.15) is 13.8 Å². The standard InChI is InChI=1S/C16H19N3O/c1-3-19(4-2)15-9-5-13(6-10-15)17-18-14-7-11-16(20)12-8-14/h5-12,20H,3-4H2,1-2H3. The molecule has 0 bridgehead atoms. The molecule has 1 N–H and O–H groups in total. The number of nitrogens with zero attached hydrogens (tertiary/aromatic N) is 3. The summed E-state index contributed by atoms with van der Waals surface area (Å²) in [6, 6.07) is 14.7. The first-order chi connectivity index (χ1) is 9.72. The van der Waals surface area contributed by atoms with Crippen molar-refractivity contribution in [1.82, 2.24) is 0 Å². The van der Waals surface area contributed by atoms with Gasteiger partial charge in [-0.3, -0.25) is 0 Å². The van der Waals surface area contributed by atoms with Gasteiger partial charge in [0.25, 0.3) is 0 Å². The van der Waals surface area contributed by atoms with Crippen LogP contribution in [0, 0.1) is 0 Å². The lowest BCUT2D eigenvalue weighted by Crippen LogP contribution is -2.21. The van der Waals surface area contributed by atoms with Crippen molar-refractivity contribution in [3.8, 4) is 5.75 Å². The predicted octanol–water partition coefficient (Wildman–Crippen LogP) is 4.65. The summed E-state index contributed by atoms with van der Waals surface area (Å²) < 4.78 is 0. The Morgan fingerprint density at radius 1 is 0.800 bits per heavy atom. The maximum Gasteiger partial charge on any atom is 0.115 e. The fourth-order valence-corrected chi connectivity index (χ4v) is 1.95. The molecule has 2 aromatic carbocycles. The van der Waals surface area contributed by atoms with E-state index < -0.39 is 0 Å². The zero-order chi connectivity index (χ0) is 14.4. The molecule has 0 aromatic heterocycles. The van der Waals surface area contributed by atoms with E-state index in [2.05, 4.69) is 41.1 Å². The lowest BCUT2D eigenvalue weighted by molar-refractivity contribution is 0.475. The lowest BCUT2D eigenvalue weighted by atomic mass is 10.2. The molecule has 4 heteroatoms. The van der Waals surface area contributed by atoms with E-state index in [1.165, 1.54) is 5.69 Å². The van der Waals surface area contributed by atoms with E-state index >= 15 is 0 Å². The third kappa shape index (κ3) is 3.57. The molecule has 2 rings (SSSR count). The first-order valence-electron chi connectivity index (χ1n) is 6.78. The van der Waals surface area contributed by atoms with Crippen LogP contribution in [0.3, 0.4) is 0 Å². The number of benzene rings is 2. The van der Waals surface area contributed by atoms with Gasteiger partial charge in [-0.2, -0.15) is 10.2 Å². The molecule has 0 fully saturated rings. The number of hydrogen-bond donors (Lipinski definition) is 1. The van der Waals surface area contributed by atoms with Gasteiger partial charge in [0.2, 0.25) is 0 Å². The van der Waals surface area contributed by atoms with E-state index in [4.69, 9.17) is 0 Å². The summed E-state index contributed by atoms with van der Waals surface area (Å²) in [7, 11) is 0. The Labute approximate surface area is 119 Å². The van der Waals surface area contributed by atoms with E-state index in [0.29, 0.717) is 0 Å². The molecule has 104 valence electrons. The number of hydrogen-bond acceptors (Lipinski definition) is 4. The molecule has 2 aromatic rings. The Kier molecular flexibility index (Phi) is 4.71. The van der Waals surface area contributed by atoms with Crippen LogP contribution >= 0.6 is 0 Å². The summed E-state index contributed by atoms with van der Waals surface area (Å²) in [4.78, 5) is 2.28. The minimum Gasteiger partial charge on any atom is -0.508 e. The zero-order valence-corrected chi connectivity index (χ0v) is 11.8. The van der Waals surface area contributed by atoms with Crippen LogP contribution in [0.15, 0.2) is 58.8 Å². The van der Waals surface area contributed by atoms with Gasteiger partial charge in [-0.05, 0) is 62.4 Å². The Morgan fingerprint density at radius 2 is 1.25 bits per heavy atom. The maximum atomic E-state index is 9.19. The number of phenolic OH excluding ortho intramolecular Hbond substituents is 1. The van der Waals surface area contributed by atoms with Crippen LogP contribution in [-0.2, 0) is 0 Å². The van der Waals surface area contributed by atoms with E-state index in [0.717, 1.165) is 24.5 Å². The molecule has 0 aliphatic rings. The zero-order valence-electron chi connectivity index (χ0n) is 11.8. The molecule has 0 aliphatic heterocycles. The first kappa shape index (κ1) is 14.1. The molecule has 0 heterocycles. The average molecular weight is 269 g/mol. The Morgan fingerprint density at radius 3 is 1.70 bits per heavy atom. The summed E-state index contributed by atoms with van der Waals surface area (Å²) in [5.41, 5.74) is 2.73. The highest BCUT2D eigenvalue weighted by Crippen LogP contribution is 2.23. The van der Waals surface area contributed by atoms with Crippen LogP contribution in [-0.4, -0.2) is 18.2 Å². The van der Waals surface area contributed by atoms with Crippen molar-refractivity contribution in [2.45, 2.75) is 13.8 Å². The largest absolute Gasteiger partial charge is 0.508 e. The van der Waals surface area contributed by atoms with Gasteiger partial charge in [-0.25, -0.2) is 0 Å². The SMILES string of the molecule is CCN(CC)c1ccc(N=Nc2ccc(O)cc2)cc1. The number of aromatic hydroxyl groups is 1. The van der Waals surface area contributed by atoms with Crippen molar-refractivity contribution in [3.05, 3.63) is 48.5 Å². The summed E-state index contributed by atoms with van der Waals surface area (Å²) in [5, 5.41) is 17.5. The maximum absolute atomic E-state index is 9.19. The molecule has 0 spiro atoms. The summed E-state index contributed by atoms with van der Waals surface area (Å²) in [5.74, 6) is 0.229. The van der Waals surface area contributed by atoms with Gasteiger partial charge < -0.3 is 10.0 Å². The molecule has 4 nitrogen and oxygen atoms in total. The minimum atomic E-state index is 0.229. The summed E-state index contributed by atoms with van der Waals surface area (Å²) in [6.45, 7) is 6.26. The molecule has 0 radical (unpaired) electrons. The van der Waals surface area contributed by atoms with Crippen LogP contribution < -0.4 is 4.90 Å². The molecular weight excluding hydrogens is 250 g/mol. The van der Waals surface area contributed by atoms with Gasteiger partial charge in [0.05, 0.1) is 11.4 Å². The topological polar surface area (TPSA) is 48.2 Å². The van der Waals surface area contributed by atoms with Gasteiger partial charge in [0, 0.05) is 18.8 Å². The second-order valence-electron chi connectivity index (χ2n) is 4.41. The molecule has 0 atom stereocenters. The highest BCUT2D eigenvalue weighted by atomic mass is 16.3. The van der Waals surface area contributed by atoms with Crippen LogP contribution in [0.2, 0.25) is 0 Å². The smallest absolute Gasteiger partial charge is 0.115 e. The third-order valence-corrected chi connectivity index (χ3v) is 3.11. The quantitative estimate of drug-likeness (QED) is 0.803. The molecule has 0 amide bonds. The van der Waals surface area contributed by atoms with Gasteiger partial charge >= 0.3 is 0 Å². The lowest BCUT2D eigenvalue weighted by Gasteiger charge is -2.20. The highest BCUT2D eigenvalue weighted by molar-refractivity contribution is 5.52. The number of rotatable bonds is 5. The molecule has 20 heavy (non-hydrogen) atoms. The van der Waals surface area contributed by atoms with Crippen molar-refractivity contribution in [1.29, 1.82) is 0 Å². The number of phenols is 1. The van der Waals surface area contributed by atoms with Gasteiger partial charge in [-0.15, -0.1) is 0 Å². The summed E-state index contributed by atoms with van der Waals surface area (Å²) >= 11 is 0. The Balaban J connectivity index is 2.08. The molecular formula is C16H19N3O. The molecule has 0 saturated carbocycles. The first-order valence-corrected chi connectivity index (χ1v) is 6.78. The molecule has 0 saturated heterocycles. The third-order valence-electron chi connectivity index (χ3n) is 3.11. The highest BCUT2D eigenvalue weighted by Gasteiger charge is 2.00.